The van der Waals surface area contributed by atoms with Crippen LogP contribution in [0.15, 0.2) is 0 Å². The minimum Gasteiger partial charge on any atom is -0.412 e. The summed E-state index contributed by atoms with van der Waals surface area (Å²) in [5.41, 5.74) is 0. The number of rotatable bonds is 0. The van der Waals surface area contributed by atoms with Crippen LogP contribution >= 0.6 is 0 Å². The molecule has 0 aliphatic heterocycles. The number of hydrogen-bond acceptors (Lipinski definition) is 5. The zero-order valence-corrected chi connectivity index (χ0v) is 13.5. The Kier molecular flexibility index (Phi) is 5650000. The summed E-state index contributed by atoms with van der Waals surface area (Å²) >= 11 is 0. The van der Waals surface area contributed by atoms with Gasteiger partial charge >= 0.3 is 0 Å². The van der Waals surface area contributed by atoms with Crippen LogP contribution in [-0.4, -0.2) is 110 Å². The van der Waals surface area contributed by atoms with Crippen LogP contribution in [0, 0.1) is 0 Å². The molecule has 25 heteroatoms. The average molecular weight is 445 g/mol. The third-order valence-electron chi connectivity index (χ3n) is 0. The van der Waals surface area contributed by atoms with Gasteiger partial charge in [0.1, 0.15) is 0 Å². The Morgan fingerprint density at radius 3 is 0.0800 bits per heavy atom. The molecule has 0 aromatic heterocycles. The molecule has 0 saturated heterocycles. The topological polar surface area (TPSA) is 805 Å². The highest BCUT2D eigenvalue weighted by molar-refractivity contribution is 2.14. The van der Waals surface area contributed by atoms with Crippen molar-refractivity contribution in [3.63, 3.8) is 0 Å². The van der Waals surface area contributed by atoms with Gasteiger partial charge in [-0.05, 0) is 0 Å². The molecule has 25 nitrogen and oxygen atoms in total. The molecule has 0 rings (SSSR count). The van der Waals surface area contributed by atoms with Crippen LogP contribution in [0.25, 0.3) is 0 Å². The van der Waals surface area contributed by atoms with E-state index in [9.17, 15) is 0 Å². The third kappa shape index (κ3) is 10100. The van der Waals surface area contributed by atoms with Crippen LogP contribution in [0.4, 0.5) is 0 Å². The first-order valence-corrected chi connectivity index (χ1v) is 0. The van der Waals surface area contributed by atoms with Crippen LogP contribution in [0.2, 0.25) is 0 Å². The van der Waals surface area contributed by atoms with E-state index in [-0.39, 0.29) is 140 Å². The second kappa shape index (κ2) is 11100. The molecule has 0 fully saturated rings. The van der Waals surface area contributed by atoms with Crippen molar-refractivity contribution in [2.24, 2.45) is 0 Å². The van der Waals surface area contributed by atoms with Gasteiger partial charge in [0, 0.05) is 0 Å². The van der Waals surface area contributed by atoms with Crippen LogP contribution < -0.4 is 30.8 Å². The Balaban J connectivity index is 0. The highest BCUT2D eigenvalue weighted by Crippen LogP contribution is -0.270. The molecule has 0 aromatic rings. The Morgan fingerprint density at radius 1 is 0.0800 bits per heavy atom. The van der Waals surface area contributed by atoms with Crippen molar-refractivity contribution in [1.82, 2.24) is 30.8 Å². The fourth-order valence-electron chi connectivity index (χ4n) is 0. The summed E-state index contributed by atoms with van der Waals surface area (Å²) in [6.45, 7) is 0. The van der Waals surface area contributed by atoms with Crippen molar-refractivity contribution in [3.05, 3.63) is 0 Å². The maximum Gasteiger partial charge on any atom is -0.344 e. The van der Waals surface area contributed by atoms with Crippen molar-refractivity contribution >= 4 is 0 Å². The van der Waals surface area contributed by atoms with E-state index in [1.165, 1.54) is 0 Å². The van der Waals surface area contributed by atoms with Crippen molar-refractivity contribution < 1.29 is 110 Å². The maximum absolute atomic E-state index is 0. The lowest BCUT2D eigenvalue weighted by Crippen LogP contribution is -0.482. The second-order valence-electron chi connectivity index (χ2n) is 0. The summed E-state index contributed by atoms with van der Waals surface area (Å²) in [5.74, 6) is 0. The molecular weight excluding hydrogens is 390 g/mol. The minimum atomic E-state index is 0. The van der Waals surface area contributed by atoms with Crippen molar-refractivity contribution in [2.45, 2.75) is 0 Å². The molecule has 0 bridgehead atoms. The van der Waals surface area contributed by atoms with E-state index in [1.807, 2.05) is 0 Å². The van der Waals surface area contributed by atoms with E-state index in [0.717, 1.165) is 0 Å². The Bertz CT molecular complexity index is 18.0. The van der Waals surface area contributed by atoms with E-state index in [2.05, 4.69) is 0 Å². The van der Waals surface area contributed by atoms with Gasteiger partial charge in [-0.25, -0.2) is 0 Å². The van der Waals surface area contributed by atoms with Gasteiger partial charge < -0.3 is 140 Å². The first-order valence-electron chi connectivity index (χ1n) is 0. The summed E-state index contributed by atoms with van der Waals surface area (Å²) < 4.78 is 0. The predicted octanol–water partition coefficient (Wildman–Crippen LogP) is -15.7. The summed E-state index contributed by atoms with van der Waals surface area (Å²) in [4.78, 5) is 0. The molecule has 0 aliphatic carbocycles. The summed E-state index contributed by atoms with van der Waals surface area (Å²) in [7, 11) is 0. The monoisotopic (exact) mass is 445 g/mol. The lowest BCUT2D eigenvalue weighted by molar-refractivity contribution is 0.823. The molecule has 0 amide bonds. The Labute approximate surface area is 142 Å². The standard InChI is InChI=1S/5H3N.20H2O/h5*1H3;20*1H2. The van der Waals surface area contributed by atoms with Crippen molar-refractivity contribution in [3.8, 4) is 0 Å². The predicted molar refractivity (Wildman–Crippen MR) is 97.4 cm³/mol. The normalized spacial score (nSPS) is 0. The molecule has 0 aromatic carbocycles. The van der Waals surface area contributed by atoms with Crippen LogP contribution in [0.3, 0.4) is 0 Å². The zero-order chi connectivity index (χ0) is 0. The minimum absolute atomic E-state index is 0. The molecular formula is H55N5O20. The van der Waals surface area contributed by atoms with E-state index in [1.54, 1.807) is 0 Å². The van der Waals surface area contributed by atoms with E-state index in [4.69, 9.17) is 0 Å². The fraction of sp³-hybridized carbons (Fsp3) is 0. The molecule has 0 spiro atoms. The molecule has 0 radical (unpaired) electrons. The Morgan fingerprint density at radius 2 is 0.0800 bits per heavy atom. The summed E-state index contributed by atoms with van der Waals surface area (Å²) in [6.07, 6.45) is 0. The van der Waals surface area contributed by atoms with Crippen molar-refractivity contribution in [2.75, 3.05) is 0 Å². The highest BCUT2D eigenvalue weighted by atomic mass is 16.0. The highest BCUT2D eigenvalue weighted by Gasteiger charge is -0.338. The van der Waals surface area contributed by atoms with Crippen molar-refractivity contribution in [1.29, 1.82) is 0 Å². The molecule has 0 aliphatic rings. The van der Waals surface area contributed by atoms with Gasteiger partial charge in [-0.1, -0.05) is 0 Å². The molecule has 25 heavy (non-hydrogen) atoms. The first-order chi connectivity index (χ1) is 0. The maximum atomic E-state index is 0. The molecule has 0 heterocycles. The van der Waals surface area contributed by atoms with Gasteiger partial charge in [0.05, 0.1) is 0 Å². The van der Waals surface area contributed by atoms with E-state index >= 15 is 0 Å². The van der Waals surface area contributed by atoms with Gasteiger partial charge in [-0.2, -0.15) is 0 Å². The third-order valence-corrected chi connectivity index (χ3v) is 0. The van der Waals surface area contributed by atoms with E-state index in [0.29, 0.717) is 0 Å². The number of hydrogen-bond donors (Lipinski definition) is 5. The smallest absolute Gasteiger partial charge is 0.344 e. The Hall–Kier alpha value is -1.00. The molecule has 200 valence electrons. The van der Waals surface area contributed by atoms with Gasteiger partial charge in [0.15, 0.2) is 0 Å². The first kappa shape index (κ1) is 12700. The molecule has 0 unspecified atom stereocenters. The SMILES string of the molecule is N.N.N.N.N.O.O.O.O.O.O.O.O.O.O.O.O.O.O.O.O.O.O.O.O. The van der Waals surface area contributed by atoms with E-state index < -0.39 is 0 Å². The molecule has 55 N–H and O–H groups in total. The van der Waals surface area contributed by atoms with Crippen LogP contribution in [0.5, 0.6) is 0 Å². The van der Waals surface area contributed by atoms with Gasteiger partial charge in [-0.15, -0.1) is 0 Å². The molecule has 0 atom stereocenters. The van der Waals surface area contributed by atoms with Gasteiger partial charge in [-0.3, -0.25) is 0 Å². The quantitative estimate of drug-likeness (QED) is 0.241. The zero-order valence-electron chi connectivity index (χ0n) is 13.5. The van der Waals surface area contributed by atoms with Crippen LogP contribution in [-0.2, 0) is 0 Å². The van der Waals surface area contributed by atoms with Gasteiger partial charge in [0.25, 0.3) is 0 Å². The molecule has 0 saturated carbocycles. The fourth-order valence-corrected chi connectivity index (χ4v) is 0. The second-order valence-corrected chi connectivity index (χ2v) is 0. The lowest BCUT2D eigenvalue weighted by atomic mass is 14.0. The van der Waals surface area contributed by atoms with Crippen LogP contribution in [0.1, 0.15) is 0 Å². The van der Waals surface area contributed by atoms with Gasteiger partial charge in [0.2, 0.25) is 0 Å². The summed E-state index contributed by atoms with van der Waals surface area (Å²) in [6, 6.07) is 0. The lowest BCUT2D eigenvalue weighted by Gasteiger charge is -0.413. The average Bonchev–Trinajstić information content (AvgIpc) is 0. The largest absolute Gasteiger partial charge is 0.412 e. The summed E-state index contributed by atoms with van der Waals surface area (Å²) in [5, 5.41) is 0.